The van der Waals surface area contributed by atoms with Gasteiger partial charge in [0.2, 0.25) is 0 Å². The average molecular weight is 278 g/mol. The van der Waals surface area contributed by atoms with E-state index in [1.807, 2.05) is 21.6 Å². The van der Waals surface area contributed by atoms with Crippen LogP contribution in [0.1, 0.15) is 24.9 Å². The summed E-state index contributed by atoms with van der Waals surface area (Å²) in [5.41, 5.74) is 1.13. The van der Waals surface area contributed by atoms with Crippen molar-refractivity contribution in [2.24, 2.45) is 0 Å². The van der Waals surface area contributed by atoms with Gasteiger partial charge in [0.25, 0.3) is 0 Å². The van der Waals surface area contributed by atoms with Crippen molar-refractivity contribution in [1.29, 1.82) is 0 Å². The molecule has 0 radical (unpaired) electrons. The summed E-state index contributed by atoms with van der Waals surface area (Å²) < 4.78 is 8.90. The van der Waals surface area contributed by atoms with Crippen LogP contribution in [0.2, 0.25) is 0 Å². The fourth-order valence-electron chi connectivity index (χ4n) is 1.99. The van der Waals surface area contributed by atoms with Crippen molar-refractivity contribution in [2.75, 3.05) is 20.3 Å². The van der Waals surface area contributed by atoms with Gasteiger partial charge in [-0.1, -0.05) is 6.92 Å². The number of nitrogens with zero attached hydrogens (tertiary/aromatic N) is 5. The van der Waals surface area contributed by atoms with Gasteiger partial charge in [0.15, 0.2) is 0 Å². The third kappa shape index (κ3) is 3.88. The highest BCUT2D eigenvalue weighted by molar-refractivity contribution is 5.02. The summed E-state index contributed by atoms with van der Waals surface area (Å²) in [6.45, 7) is 5.97. The first-order valence-electron chi connectivity index (χ1n) is 6.92. The number of hydrogen-bond donors (Lipinski definition) is 1. The Kier molecular flexibility index (Phi) is 5.69. The topological polar surface area (TPSA) is 69.8 Å². The van der Waals surface area contributed by atoms with Gasteiger partial charge in [-0.3, -0.25) is 4.68 Å². The summed E-state index contributed by atoms with van der Waals surface area (Å²) in [5, 5.41) is 11.9. The monoisotopic (exact) mass is 278 g/mol. The number of methoxy groups -OCH3 is 1. The molecule has 20 heavy (non-hydrogen) atoms. The van der Waals surface area contributed by atoms with Crippen molar-refractivity contribution in [3.8, 4) is 0 Å². The lowest BCUT2D eigenvalue weighted by Gasteiger charge is -2.09. The zero-order chi connectivity index (χ0) is 14.2. The first-order valence-corrected chi connectivity index (χ1v) is 6.92. The Morgan fingerprint density at radius 1 is 1.30 bits per heavy atom. The van der Waals surface area contributed by atoms with Gasteiger partial charge >= 0.3 is 0 Å². The van der Waals surface area contributed by atoms with E-state index < -0.39 is 0 Å². The predicted molar refractivity (Wildman–Crippen MR) is 75.2 cm³/mol. The Hall–Kier alpha value is -1.73. The van der Waals surface area contributed by atoms with Crippen LogP contribution in [0.5, 0.6) is 0 Å². The van der Waals surface area contributed by atoms with E-state index in [9.17, 15) is 0 Å². The molecule has 2 aromatic heterocycles. The van der Waals surface area contributed by atoms with Crippen molar-refractivity contribution in [2.45, 2.75) is 33.0 Å². The molecule has 0 bridgehead atoms. The van der Waals surface area contributed by atoms with Gasteiger partial charge in [-0.25, -0.2) is 9.67 Å². The van der Waals surface area contributed by atoms with Gasteiger partial charge < -0.3 is 10.1 Å². The minimum Gasteiger partial charge on any atom is -0.383 e. The molecule has 110 valence electrons. The van der Waals surface area contributed by atoms with Gasteiger partial charge in [0.05, 0.1) is 12.3 Å². The summed E-state index contributed by atoms with van der Waals surface area (Å²) in [5.74, 6) is 0.939. The minimum atomic E-state index is 0.647. The number of aryl methyl sites for hydroxylation is 1. The van der Waals surface area contributed by atoms with E-state index >= 15 is 0 Å². The standard InChI is InChI=1S/C13H22N6O/c1-3-7-18-13(15-11-17-18)10-19-12(4-5-16-19)9-14-6-8-20-2/h4-5,11,14H,3,6-10H2,1-2H3. The molecule has 2 rings (SSSR count). The first-order chi connectivity index (χ1) is 9.85. The van der Waals surface area contributed by atoms with E-state index in [4.69, 9.17) is 4.74 Å². The van der Waals surface area contributed by atoms with Crippen LogP contribution in [0.4, 0.5) is 0 Å². The largest absolute Gasteiger partial charge is 0.383 e. The Bertz CT molecular complexity index is 506. The molecule has 0 amide bonds. The molecule has 0 aliphatic rings. The number of nitrogens with one attached hydrogen (secondary N) is 1. The summed E-state index contributed by atoms with van der Waals surface area (Å²) in [4.78, 5) is 4.31. The second-order valence-electron chi connectivity index (χ2n) is 4.55. The zero-order valence-corrected chi connectivity index (χ0v) is 12.1. The lowest BCUT2D eigenvalue weighted by molar-refractivity contribution is 0.199. The van der Waals surface area contributed by atoms with Crippen molar-refractivity contribution in [3.05, 3.63) is 30.1 Å². The van der Waals surface area contributed by atoms with Crippen LogP contribution in [-0.2, 0) is 24.4 Å². The number of aromatic nitrogens is 5. The summed E-state index contributed by atoms with van der Waals surface area (Å²) in [6, 6.07) is 2.01. The van der Waals surface area contributed by atoms with Gasteiger partial charge in [-0.05, 0) is 12.5 Å². The quantitative estimate of drug-likeness (QED) is 0.683. The maximum absolute atomic E-state index is 5.01. The zero-order valence-electron chi connectivity index (χ0n) is 12.1. The lowest BCUT2D eigenvalue weighted by atomic mass is 10.4. The van der Waals surface area contributed by atoms with E-state index in [-0.39, 0.29) is 0 Å². The minimum absolute atomic E-state index is 0.647. The molecule has 2 aromatic rings. The van der Waals surface area contributed by atoms with Crippen LogP contribution in [-0.4, -0.2) is 44.8 Å². The molecule has 0 unspecified atom stereocenters. The maximum Gasteiger partial charge on any atom is 0.148 e. The predicted octanol–water partition coefficient (Wildman–Crippen LogP) is 0.669. The number of hydrogen-bond acceptors (Lipinski definition) is 5. The Morgan fingerprint density at radius 3 is 3.00 bits per heavy atom. The molecule has 0 saturated heterocycles. The fourth-order valence-corrected chi connectivity index (χ4v) is 1.99. The number of ether oxygens (including phenoxy) is 1. The SMILES string of the molecule is CCCn1ncnc1Cn1nccc1CNCCOC. The highest BCUT2D eigenvalue weighted by Crippen LogP contribution is 2.04. The van der Waals surface area contributed by atoms with Crippen molar-refractivity contribution in [3.63, 3.8) is 0 Å². The Morgan fingerprint density at radius 2 is 2.20 bits per heavy atom. The van der Waals surface area contributed by atoms with E-state index in [2.05, 4.69) is 27.4 Å². The normalized spacial score (nSPS) is 11.1. The van der Waals surface area contributed by atoms with Crippen molar-refractivity contribution >= 4 is 0 Å². The molecule has 7 heteroatoms. The summed E-state index contributed by atoms with van der Waals surface area (Å²) in [7, 11) is 1.70. The van der Waals surface area contributed by atoms with Crippen LogP contribution in [0, 0.1) is 0 Å². The molecule has 2 heterocycles. The average Bonchev–Trinajstić information content (AvgIpc) is 3.06. The van der Waals surface area contributed by atoms with Crippen LogP contribution in [0.3, 0.4) is 0 Å². The molecular formula is C13H22N6O. The summed E-state index contributed by atoms with van der Waals surface area (Å²) in [6.07, 6.45) is 4.46. The molecular weight excluding hydrogens is 256 g/mol. The van der Waals surface area contributed by atoms with E-state index in [0.717, 1.165) is 37.6 Å². The molecule has 0 aliphatic carbocycles. The van der Waals surface area contributed by atoms with Crippen molar-refractivity contribution < 1.29 is 4.74 Å². The third-order valence-electron chi connectivity index (χ3n) is 3.02. The molecule has 1 N–H and O–H groups in total. The smallest absolute Gasteiger partial charge is 0.148 e. The molecule has 0 saturated carbocycles. The first kappa shape index (κ1) is 14.7. The molecule has 0 aliphatic heterocycles. The van der Waals surface area contributed by atoms with Gasteiger partial charge in [0.1, 0.15) is 18.7 Å². The fraction of sp³-hybridized carbons (Fsp3) is 0.615. The maximum atomic E-state index is 5.01. The summed E-state index contributed by atoms with van der Waals surface area (Å²) >= 11 is 0. The van der Waals surface area contributed by atoms with E-state index in [1.165, 1.54) is 0 Å². The van der Waals surface area contributed by atoms with Crippen LogP contribution < -0.4 is 5.32 Å². The highest BCUT2D eigenvalue weighted by atomic mass is 16.5. The highest BCUT2D eigenvalue weighted by Gasteiger charge is 2.08. The van der Waals surface area contributed by atoms with E-state index in [1.54, 1.807) is 13.4 Å². The molecule has 0 spiro atoms. The molecule has 7 nitrogen and oxygen atoms in total. The second-order valence-corrected chi connectivity index (χ2v) is 4.55. The van der Waals surface area contributed by atoms with Crippen LogP contribution in [0.15, 0.2) is 18.6 Å². The third-order valence-corrected chi connectivity index (χ3v) is 3.02. The molecule has 0 fully saturated rings. The van der Waals surface area contributed by atoms with Gasteiger partial charge in [-0.15, -0.1) is 0 Å². The van der Waals surface area contributed by atoms with Crippen molar-refractivity contribution in [1.82, 2.24) is 29.9 Å². The molecule has 0 aromatic carbocycles. The Labute approximate surface area is 119 Å². The van der Waals surface area contributed by atoms with E-state index in [0.29, 0.717) is 13.2 Å². The van der Waals surface area contributed by atoms with Crippen LogP contribution >= 0.6 is 0 Å². The Balaban J connectivity index is 1.95. The lowest BCUT2D eigenvalue weighted by Crippen LogP contribution is -2.21. The number of rotatable bonds is 9. The second kappa shape index (κ2) is 7.76. The van der Waals surface area contributed by atoms with Gasteiger partial charge in [-0.2, -0.15) is 10.2 Å². The molecule has 0 atom stereocenters. The van der Waals surface area contributed by atoms with Gasteiger partial charge in [0, 0.05) is 32.9 Å². The van der Waals surface area contributed by atoms with Crippen LogP contribution in [0.25, 0.3) is 0 Å².